The summed E-state index contributed by atoms with van der Waals surface area (Å²) in [4.78, 5) is 31.7. The van der Waals surface area contributed by atoms with Crippen LogP contribution in [-0.2, 0) is 14.4 Å². The van der Waals surface area contributed by atoms with Gasteiger partial charge in [0, 0.05) is 12.8 Å². The molecule has 0 aromatic rings. The summed E-state index contributed by atoms with van der Waals surface area (Å²) in [5, 5.41) is 19.0. The molecule has 6 nitrogen and oxygen atoms in total. The van der Waals surface area contributed by atoms with Crippen LogP contribution in [0.1, 0.15) is 12.8 Å². The summed E-state index contributed by atoms with van der Waals surface area (Å²) in [5.41, 5.74) is -2.10. The van der Waals surface area contributed by atoms with Gasteiger partial charge in [0.2, 0.25) is 11.4 Å². The minimum atomic E-state index is -2.10. The fourth-order valence-electron chi connectivity index (χ4n) is 1.08. The van der Waals surface area contributed by atoms with Gasteiger partial charge in [0.1, 0.15) is 0 Å². The second kappa shape index (κ2) is 4.08. The summed E-state index contributed by atoms with van der Waals surface area (Å²) >= 11 is 0. The zero-order valence-electron chi connectivity index (χ0n) is 6.03. The van der Waals surface area contributed by atoms with Crippen molar-refractivity contribution in [1.29, 1.82) is 0 Å². The molecule has 0 spiro atoms. The van der Waals surface area contributed by atoms with Gasteiger partial charge in [0.25, 0.3) is 0 Å². The Kier molecular flexibility index (Phi) is 3.89. The number of hydrogen-bond acceptors (Lipinski definition) is 3. The first-order valence-electron chi connectivity index (χ1n) is 3.27. The van der Waals surface area contributed by atoms with E-state index in [0.717, 1.165) is 0 Å². The van der Waals surface area contributed by atoms with Gasteiger partial charge in [-0.3, -0.25) is 4.79 Å². The quantitative estimate of drug-likeness (QED) is 0.356. The van der Waals surface area contributed by atoms with Crippen LogP contribution in [0.4, 0.5) is 0 Å². The molecule has 0 aromatic heterocycles. The fourth-order valence-corrected chi connectivity index (χ4v) is 1.08. The summed E-state index contributed by atoms with van der Waals surface area (Å²) in [6.45, 7) is 0. The third kappa shape index (κ3) is 2.01. The van der Waals surface area contributed by atoms with E-state index >= 15 is 0 Å². The third-order valence-electron chi connectivity index (χ3n) is 1.81. The van der Waals surface area contributed by atoms with E-state index in [1.807, 2.05) is 5.32 Å². The Morgan fingerprint density at radius 2 is 1.77 bits per heavy atom. The summed E-state index contributed by atoms with van der Waals surface area (Å²) in [6.07, 6.45) is -0.255. The molecule has 68 valence electrons. The molecule has 1 fully saturated rings. The Hall–Kier alpha value is -0.590. The van der Waals surface area contributed by atoms with Crippen molar-refractivity contribution >= 4 is 47.4 Å². The van der Waals surface area contributed by atoms with Crippen molar-refractivity contribution in [3.05, 3.63) is 0 Å². The van der Waals surface area contributed by atoms with E-state index < -0.39 is 23.4 Å². The molecule has 0 aromatic carbocycles. The molecule has 1 saturated heterocycles. The summed E-state index contributed by atoms with van der Waals surface area (Å²) in [7, 11) is 0. The van der Waals surface area contributed by atoms with Gasteiger partial charge in [-0.25, -0.2) is 9.59 Å². The standard InChI is InChI=1S/C6H7NO5.Na.H/c8-3-1-2-6(7-3,4(9)10)5(11)12;;/h1-2H2,(H,7,8)(H,9,10)(H,11,12);;. The average molecular weight is 197 g/mol. The number of hydrogen-bond donors (Lipinski definition) is 3. The van der Waals surface area contributed by atoms with Crippen LogP contribution in [0.5, 0.6) is 0 Å². The Bertz CT molecular complexity index is 250. The van der Waals surface area contributed by atoms with E-state index in [4.69, 9.17) is 10.2 Å². The molecular weight excluding hydrogens is 189 g/mol. The Labute approximate surface area is 95.6 Å². The van der Waals surface area contributed by atoms with Crippen LogP contribution in [0, 0.1) is 0 Å². The van der Waals surface area contributed by atoms with Crippen LogP contribution >= 0.6 is 0 Å². The summed E-state index contributed by atoms with van der Waals surface area (Å²) in [5.74, 6) is -3.60. The molecule has 1 aliphatic rings. The Morgan fingerprint density at radius 3 is 1.92 bits per heavy atom. The van der Waals surface area contributed by atoms with Gasteiger partial charge in [-0.15, -0.1) is 0 Å². The van der Waals surface area contributed by atoms with Crippen LogP contribution in [0.15, 0.2) is 0 Å². The normalized spacial score (nSPS) is 18.6. The maximum absolute atomic E-state index is 10.6. The van der Waals surface area contributed by atoms with E-state index in [9.17, 15) is 14.4 Å². The van der Waals surface area contributed by atoms with Gasteiger partial charge in [-0.2, -0.15) is 0 Å². The molecule has 0 bridgehead atoms. The van der Waals surface area contributed by atoms with Gasteiger partial charge in [0.15, 0.2) is 0 Å². The first-order valence-corrected chi connectivity index (χ1v) is 3.27. The number of nitrogens with one attached hydrogen (secondary N) is 1. The minimum absolute atomic E-state index is 0. The van der Waals surface area contributed by atoms with E-state index in [0.29, 0.717) is 0 Å². The number of carboxylic acid groups (broad SMARTS) is 2. The van der Waals surface area contributed by atoms with Gasteiger partial charge < -0.3 is 15.5 Å². The molecule has 1 rings (SSSR count). The maximum atomic E-state index is 10.6. The van der Waals surface area contributed by atoms with E-state index in [1.54, 1.807) is 0 Å². The number of rotatable bonds is 2. The molecule has 1 heterocycles. The second-order valence-electron chi connectivity index (χ2n) is 2.56. The molecule has 0 saturated carbocycles. The zero-order chi connectivity index (χ0) is 9.35. The van der Waals surface area contributed by atoms with Crippen LogP contribution in [0.3, 0.4) is 0 Å². The predicted molar refractivity (Wildman–Crippen MR) is 42.5 cm³/mol. The molecule has 1 aliphatic heterocycles. The SMILES string of the molecule is O=C1CCC(C(=O)O)(C(=O)O)N1.[NaH]. The van der Waals surface area contributed by atoms with E-state index in [1.165, 1.54) is 0 Å². The molecule has 0 unspecified atom stereocenters. The Morgan fingerprint density at radius 1 is 1.31 bits per heavy atom. The number of carbonyl (C=O) groups is 3. The third-order valence-corrected chi connectivity index (χ3v) is 1.81. The first-order chi connectivity index (χ1) is 5.49. The molecule has 3 N–H and O–H groups in total. The molecule has 13 heavy (non-hydrogen) atoms. The Balaban J connectivity index is 0.00000144. The number of carboxylic acids is 2. The van der Waals surface area contributed by atoms with Crippen LogP contribution < -0.4 is 5.32 Å². The van der Waals surface area contributed by atoms with Gasteiger partial charge in [-0.05, 0) is 0 Å². The molecule has 7 heteroatoms. The van der Waals surface area contributed by atoms with Crippen molar-refractivity contribution < 1.29 is 24.6 Å². The van der Waals surface area contributed by atoms with Gasteiger partial charge in [0.05, 0.1) is 0 Å². The van der Waals surface area contributed by atoms with Crippen molar-refractivity contribution in [2.24, 2.45) is 0 Å². The van der Waals surface area contributed by atoms with Crippen molar-refractivity contribution in [2.45, 2.75) is 18.4 Å². The first kappa shape index (κ1) is 12.4. The van der Waals surface area contributed by atoms with Crippen molar-refractivity contribution in [3.63, 3.8) is 0 Å². The van der Waals surface area contributed by atoms with Crippen LogP contribution in [0.2, 0.25) is 0 Å². The summed E-state index contributed by atoms with van der Waals surface area (Å²) in [6, 6.07) is 0. The molecule has 0 atom stereocenters. The number of aliphatic carboxylic acids is 2. The zero-order valence-corrected chi connectivity index (χ0v) is 6.03. The fraction of sp³-hybridized carbons (Fsp3) is 0.500. The topological polar surface area (TPSA) is 104 Å². The second-order valence-corrected chi connectivity index (χ2v) is 2.56. The van der Waals surface area contributed by atoms with Crippen LogP contribution in [0.25, 0.3) is 0 Å². The van der Waals surface area contributed by atoms with Crippen molar-refractivity contribution in [1.82, 2.24) is 5.32 Å². The molecule has 1 amide bonds. The van der Waals surface area contributed by atoms with Crippen molar-refractivity contribution in [2.75, 3.05) is 0 Å². The van der Waals surface area contributed by atoms with Gasteiger partial charge >= 0.3 is 41.5 Å². The number of amides is 1. The molecule has 0 radical (unpaired) electrons. The van der Waals surface area contributed by atoms with Crippen LogP contribution in [-0.4, -0.2) is 63.2 Å². The predicted octanol–water partition coefficient (Wildman–Crippen LogP) is -1.84. The average Bonchev–Trinajstić information content (AvgIpc) is 2.32. The summed E-state index contributed by atoms with van der Waals surface area (Å²) < 4.78 is 0. The van der Waals surface area contributed by atoms with E-state index in [-0.39, 0.29) is 42.4 Å². The van der Waals surface area contributed by atoms with Gasteiger partial charge in [-0.1, -0.05) is 0 Å². The number of carbonyl (C=O) groups excluding carboxylic acids is 1. The molecular formula is C6H8NNaO5. The van der Waals surface area contributed by atoms with Crippen molar-refractivity contribution in [3.8, 4) is 0 Å². The monoisotopic (exact) mass is 197 g/mol. The van der Waals surface area contributed by atoms with E-state index in [2.05, 4.69) is 0 Å². The molecule has 0 aliphatic carbocycles.